The second kappa shape index (κ2) is 6.23. The summed E-state index contributed by atoms with van der Waals surface area (Å²) in [5.74, 6) is -1.68. The van der Waals surface area contributed by atoms with E-state index < -0.39 is 26.4 Å². The first kappa shape index (κ1) is 17.5. The van der Waals surface area contributed by atoms with E-state index in [9.17, 15) is 17.2 Å². The van der Waals surface area contributed by atoms with Crippen LogP contribution in [0.15, 0.2) is 47.4 Å². The van der Waals surface area contributed by atoms with Gasteiger partial charge in [-0.1, -0.05) is 30.4 Å². The van der Waals surface area contributed by atoms with Gasteiger partial charge in [-0.25, -0.2) is 17.2 Å². The molecule has 2 nitrogen and oxygen atoms in total. The van der Waals surface area contributed by atoms with Crippen LogP contribution in [0.2, 0.25) is 0 Å². The molecule has 0 fully saturated rings. The molecule has 0 spiro atoms. The summed E-state index contributed by atoms with van der Waals surface area (Å²) in [6.07, 6.45) is 5.26. The molecule has 5 heteroatoms. The Bertz CT molecular complexity index is 1030. The largest absolute Gasteiger partial charge is 0.224 e. The van der Waals surface area contributed by atoms with Crippen LogP contribution < -0.4 is 0 Å². The molecule has 2 aromatic carbocycles. The normalized spacial score (nSPS) is 14.4. The summed E-state index contributed by atoms with van der Waals surface area (Å²) in [4.78, 5) is -0.621. The van der Waals surface area contributed by atoms with Gasteiger partial charge in [-0.15, -0.1) is 0 Å². The third-order valence-corrected chi connectivity index (χ3v) is 5.58. The SMILES string of the molecule is Cc1ccc(C2=CCC=C2c2cc(F)c(S(C)(=O)=O)cc2F)cc1C. The van der Waals surface area contributed by atoms with E-state index in [2.05, 4.69) is 0 Å². The molecule has 0 heterocycles. The lowest BCUT2D eigenvalue weighted by molar-refractivity contribution is 0.554. The van der Waals surface area contributed by atoms with Gasteiger partial charge in [0.1, 0.15) is 16.5 Å². The van der Waals surface area contributed by atoms with E-state index in [0.717, 1.165) is 40.7 Å². The topological polar surface area (TPSA) is 34.1 Å². The van der Waals surface area contributed by atoms with Crippen LogP contribution in [0.25, 0.3) is 11.1 Å². The average molecular weight is 360 g/mol. The van der Waals surface area contributed by atoms with Crippen molar-refractivity contribution in [2.75, 3.05) is 6.26 Å². The van der Waals surface area contributed by atoms with Crippen molar-refractivity contribution in [3.63, 3.8) is 0 Å². The fourth-order valence-corrected chi connectivity index (χ4v) is 3.70. The Morgan fingerprint density at radius 1 is 0.880 bits per heavy atom. The summed E-state index contributed by atoms with van der Waals surface area (Å²) in [6, 6.07) is 7.69. The number of halogens is 2. The Morgan fingerprint density at radius 3 is 2.20 bits per heavy atom. The highest BCUT2D eigenvalue weighted by atomic mass is 32.2. The number of hydrogen-bond donors (Lipinski definition) is 0. The zero-order valence-corrected chi connectivity index (χ0v) is 15.0. The molecule has 25 heavy (non-hydrogen) atoms. The van der Waals surface area contributed by atoms with Crippen molar-refractivity contribution in [3.8, 4) is 0 Å². The van der Waals surface area contributed by atoms with Crippen LogP contribution in [0, 0.1) is 25.5 Å². The second-order valence-corrected chi connectivity index (χ2v) is 8.29. The predicted molar refractivity (Wildman–Crippen MR) is 96.0 cm³/mol. The highest BCUT2D eigenvalue weighted by molar-refractivity contribution is 7.90. The molecule has 0 N–H and O–H groups in total. The Labute approximate surface area is 146 Å². The summed E-state index contributed by atoms with van der Waals surface area (Å²) in [5, 5.41) is 0. The van der Waals surface area contributed by atoms with E-state index in [1.165, 1.54) is 0 Å². The molecular formula is C20H18F2O2S. The maximum atomic E-state index is 14.5. The number of aryl methyl sites for hydroxylation is 2. The molecular weight excluding hydrogens is 342 g/mol. The molecule has 0 saturated heterocycles. The number of rotatable bonds is 3. The van der Waals surface area contributed by atoms with Gasteiger partial charge in [0.2, 0.25) is 0 Å². The minimum atomic E-state index is -3.82. The summed E-state index contributed by atoms with van der Waals surface area (Å²) in [7, 11) is -3.82. The highest BCUT2D eigenvalue weighted by Gasteiger charge is 2.22. The number of hydrogen-bond acceptors (Lipinski definition) is 2. The smallest absolute Gasteiger partial charge is 0.178 e. The van der Waals surface area contributed by atoms with Gasteiger partial charge in [0.25, 0.3) is 0 Å². The molecule has 0 atom stereocenters. The lowest BCUT2D eigenvalue weighted by Gasteiger charge is -2.13. The third-order valence-electron chi connectivity index (χ3n) is 4.46. The summed E-state index contributed by atoms with van der Waals surface area (Å²) in [6.45, 7) is 4.01. The van der Waals surface area contributed by atoms with Crippen molar-refractivity contribution in [1.29, 1.82) is 0 Å². The number of benzene rings is 2. The first-order chi connectivity index (χ1) is 11.7. The van der Waals surface area contributed by atoms with Crippen molar-refractivity contribution >= 4 is 21.0 Å². The van der Waals surface area contributed by atoms with E-state index in [-0.39, 0.29) is 5.56 Å². The van der Waals surface area contributed by atoms with Gasteiger partial charge in [-0.3, -0.25) is 0 Å². The minimum Gasteiger partial charge on any atom is -0.224 e. The van der Waals surface area contributed by atoms with Crippen LogP contribution in [-0.4, -0.2) is 14.7 Å². The maximum Gasteiger partial charge on any atom is 0.178 e. The molecule has 0 radical (unpaired) electrons. The standard InChI is InChI=1S/C20H18F2O2S/c1-12-7-8-14(9-13(12)2)15-5-4-6-16(15)17-10-19(22)20(11-18(17)21)25(3,23)24/h5-11H,4H2,1-3H3. The van der Waals surface area contributed by atoms with Crippen molar-refractivity contribution in [2.24, 2.45) is 0 Å². The van der Waals surface area contributed by atoms with Gasteiger partial charge in [-0.05, 0) is 60.2 Å². The van der Waals surface area contributed by atoms with Crippen LogP contribution in [0.1, 0.15) is 28.7 Å². The molecule has 1 aliphatic carbocycles. The first-order valence-electron chi connectivity index (χ1n) is 7.86. The van der Waals surface area contributed by atoms with Gasteiger partial charge in [0.05, 0.1) is 0 Å². The summed E-state index contributed by atoms with van der Waals surface area (Å²) >= 11 is 0. The first-order valence-corrected chi connectivity index (χ1v) is 9.75. The molecule has 0 amide bonds. The molecule has 0 aliphatic heterocycles. The van der Waals surface area contributed by atoms with Crippen LogP contribution in [-0.2, 0) is 9.84 Å². The van der Waals surface area contributed by atoms with Gasteiger partial charge in [0.15, 0.2) is 9.84 Å². The predicted octanol–water partition coefficient (Wildman–Crippen LogP) is 4.86. The van der Waals surface area contributed by atoms with Gasteiger partial charge < -0.3 is 0 Å². The molecule has 1 aliphatic rings. The van der Waals surface area contributed by atoms with Crippen molar-refractivity contribution in [3.05, 3.63) is 76.4 Å². The van der Waals surface area contributed by atoms with Gasteiger partial charge >= 0.3 is 0 Å². The number of allylic oxidation sites excluding steroid dienone is 4. The van der Waals surface area contributed by atoms with Gasteiger partial charge in [0, 0.05) is 11.8 Å². The second-order valence-electron chi connectivity index (χ2n) is 6.30. The van der Waals surface area contributed by atoms with Crippen molar-refractivity contribution in [2.45, 2.75) is 25.2 Å². The van der Waals surface area contributed by atoms with E-state index in [4.69, 9.17) is 0 Å². The van der Waals surface area contributed by atoms with Crippen molar-refractivity contribution < 1.29 is 17.2 Å². The van der Waals surface area contributed by atoms with E-state index in [1.807, 2.05) is 44.2 Å². The fourth-order valence-electron chi connectivity index (χ4n) is 2.97. The van der Waals surface area contributed by atoms with E-state index >= 15 is 0 Å². The molecule has 3 rings (SSSR count). The zero-order valence-electron chi connectivity index (χ0n) is 14.2. The van der Waals surface area contributed by atoms with Crippen LogP contribution in [0.5, 0.6) is 0 Å². The highest BCUT2D eigenvalue weighted by Crippen LogP contribution is 2.38. The summed E-state index contributed by atoms with van der Waals surface area (Å²) in [5.41, 5.74) is 4.69. The molecule has 0 bridgehead atoms. The zero-order chi connectivity index (χ0) is 18.4. The molecule has 0 saturated carbocycles. The average Bonchev–Trinajstić information content (AvgIpc) is 3.00. The van der Waals surface area contributed by atoms with Crippen molar-refractivity contribution in [1.82, 2.24) is 0 Å². The molecule has 0 unspecified atom stereocenters. The Kier molecular flexibility index (Phi) is 4.37. The fraction of sp³-hybridized carbons (Fsp3) is 0.200. The van der Waals surface area contributed by atoms with Gasteiger partial charge in [-0.2, -0.15) is 0 Å². The Morgan fingerprint density at radius 2 is 1.56 bits per heavy atom. The molecule has 0 aromatic heterocycles. The minimum absolute atomic E-state index is 0.0758. The van der Waals surface area contributed by atoms with E-state index in [0.29, 0.717) is 12.0 Å². The van der Waals surface area contributed by atoms with Crippen LogP contribution in [0.4, 0.5) is 8.78 Å². The Balaban J connectivity index is 2.09. The van der Waals surface area contributed by atoms with Crippen LogP contribution in [0.3, 0.4) is 0 Å². The third kappa shape index (κ3) is 3.29. The monoisotopic (exact) mass is 360 g/mol. The Hall–Kier alpha value is -2.27. The molecule has 130 valence electrons. The van der Waals surface area contributed by atoms with Crippen LogP contribution >= 0.6 is 0 Å². The lowest BCUT2D eigenvalue weighted by atomic mass is 9.93. The lowest BCUT2D eigenvalue weighted by Crippen LogP contribution is -2.04. The summed E-state index contributed by atoms with van der Waals surface area (Å²) < 4.78 is 51.9. The number of sulfone groups is 1. The maximum absolute atomic E-state index is 14.5. The quantitative estimate of drug-likeness (QED) is 0.784. The van der Waals surface area contributed by atoms with E-state index in [1.54, 1.807) is 0 Å². The molecule has 2 aromatic rings.